The minimum atomic E-state index is 0.637. The third kappa shape index (κ3) is 2.50. The van der Waals surface area contributed by atoms with E-state index in [0.29, 0.717) is 6.54 Å². The van der Waals surface area contributed by atoms with Crippen LogP contribution in [0.4, 0.5) is 5.82 Å². The molecule has 4 nitrogen and oxygen atoms in total. The van der Waals surface area contributed by atoms with Gasteiger partial charge in [-0.1, -0.05) is 6.42 Å². The van der Waals surface area contributed by atoms with Gasteiger partial charge in [0.2, 0.25) is 0 Å². The van der Waals surface area contributed by atoms with Crippen molar-refractivity contribution in [3.8, 4) is 0 Å². The van der Waals surface area contributed by atoms with Crippen molar-refractivity contribution >= 4 is 5.82 Å². The zero-order valence-corrected chi connectivity index (χ0v) is 9.92. The van der Waals surface area contributed by atoms with Gasteiger partial charge >= 0.3 is 0 Å². The first-order valence-electron chi connectivity index (χ1n) is 6.11. The number of aryl methyl sites for hydroxylation is 2. The topological polar surface area (TPSA) is 63.8 Å². The van der Waals surface area contributed by atoms with Crippen LogP contribution in [0.3, 0.4) is 0 Å². The van der Waals surface area contributed by atoms with E-state index in [4.69, 9.17) is 5.73 Å². The molecule has 1 aliphatic carbocycles. The average molecular weight is 220 g/mol. The number of hydrogen-bond donors (Lipinski definition) is 2. The quantitative estimate of drug-likeness (QED) is 0.756. The predicted molar refractivity (Wildman–Crippen MR) is 65.6 cm³/mol. The fraction of sp³-hybridized carbons (Fsp3) is 0.667. The minimum absolute atomic E-state index is 0.637. The second kappa shape index (κ2) is 5.25. The standard InChI is InChI=1S/C12H20N4/c1-9-15-11-6-4-2-3-5-10(11)12(16-9)14-8-7-13/h2-8,13H2,1H3,(H,14,15,16). The van der Waals surface area contributed by atoms with Gasteiger partial charge in [0.1, 0.15) is 11.6 Å². The lowest BCUT2D eigenvalue weighted by Gasteiger charge is -2.13. The van der Waals surface area contributed by atoms with Gasteiger partial charge in [0.05, 0.1) is 0 Å². The van der Waals surface area contributed by atoms with Gasteiger partial charge < -0.3 is 11.1 Å². The normalized spacial score (nSPS) is 15.4. The van der Waals surface area contributed by atoms with Gasteiger partial charge in [0, 0.05) is 24.3 Å². The number of nitrogens with zero attached hydrogens (tertiary/aromatic N) is 2. The molecule has 2 rings (SSSR count). The van der Waals surface area contributed by atoms with Crippen LogP contribution < -0.4 is 11.1 Å². The van der Waals surface area contributed by atoms with E-state index >= 15 is 0 Å². The van der Waals surface area contributed by atoms with E-state index in [9.17, 15) is 0 Å². The van der Waals surface area contributed by atoms with Crippen LogP contribution in [0.1, 0.15) is 36.3 Å². The lowest BCUT2D eigenvalue weighted by molar-refractivity contribution is 0.708. The summed E-state index contributed by atoms with van der Waals surface area (Å²) in [5.74, 6) is 1.87. The fourth-order valence-electron chi connectivity index (χ4n) is 2.23. The largest absolute Gasteiger partial charge is 0.368 e. The Morgan fingerprint density at radius 3 is 2.81 bits per heavy atom. The van der Waals surface area contributed by atoms with Crippen molar-refractivity contribution in [2.45, 2.75) is 39.0 Å². The van der Waals surface area contributed by atoms with Crippen LogP contribution in [0, 0.1) is 6.92 Å². The van der Waals surface area contributed by atoms with Crippen molar-refractivity contribution < 1.29 is 0 Å². The van der Waals surface area contributed by atoms with Gasteiger partial charge in [-0.3, -0.25) is 0 Å². The molecule has 4 heteroatoms. The van der Waals surface area contributed by atoms with Crippen LogP contribution in [-0.2, 0) is 12.8 Å². The lowest BCUT2D eigenvalue weighted by atomic mass is 10.1. The molecule has 1 aromatic rings. The zero-order valence-electron chi connectivity index (χ0n) is 9.92. The smallest absolute Gasteiger partial charge is 0.133 e. The highest BCUT2D eigenvalue weighted by Gasteiger charge is 2.15. The monoisotopic (exact) mass is 220 g/mol. The summed E-state index contributed by atoms with van der Waals surface area (Å²) in [6.45, 7) is 3.37. The van der Waals surface area contributed by atoms with Crippen molar-refractivity contribution in [3.63, 3.8) is 0 Å². The average Bonchev–Trinajstić information content (AvgIpc) is 2.50. The summed E-state index contributed by atoms with van der Waals surface area (Å²) in [5, 5.41) is 3.31. The predicted octanol–water partition coefficient (Wildman–Crippen LogP) is 1.42. The fourth-order valence-corrected chi connectivity index (χ4v) is 2.23. The Morgan fingerprint density at radius 1 is 1.19 bits per heavy atom. The molecular weight excluding hydrogens is 200 g/mol. The summed E-state index contributed by atoms with van der Waals surface area (Å²) < 4.78 is 0. The molecule has 16 heavy (non-hydrogen) atoms. The number of anilines is 1. The van der Waals surface area contributed by atoms with Crippen LogP contribution in [0.2, 0.25) is 0 Å². The molecule has 0 amide bonds. The molecule has 0 saturated heterocycles. The molecule has 0 unspecified atom stereocenters. The first-order valence-corrected chi connectivity index (χ1v) is 6.11. The highest BCUT2D eigenvalue weighted by atomic mass is 15.0. The Kier molecular flexibility index (Phi) is 3.72. The van der Waals surface area contributed by atoms with Crippen LogP contribution in [-0.4, -0.2) is 23.1 Å². The molecule has 0 spiro atoms. The van der Waals surface area contributed by atoms with E-state index in [1.807, 2.05) is 6.92 Å². The van der Waals surface area contributed by atoms with Gasteiger partial charge in [0.15, 0.2) is 0 Å². The number of aromatic nitrogens is 2. The Bertz CT molecular complexity index is 362. The molecule has 1 aliphatic rings. The van der Waals surface area contributed by atoms with Crippen molar-refractivity contribution in [3.05, 3.63) is 17.1 Å². The molecule has 0 radical (unpaired) electrons. The maximum atomic E-state index is 5.52. The first-order chi connectivity index (χ1) is 7.81. The van der Waals surface area contributed by atoms with E-state index in [1.165, 1.54) is 30.5 Å². The zero-order chi connectivity index (χ0) is 11.4. The highest BCUT2D eigenvalue weighted by molar-refractivity contribution is 5.47. The second-order valence-electron chi connectivity index (χ2n) is 4.32. The molecule has 88 valence electrons. The maximum Gasteiger partial charge on any atom is 0.133 e. The molecule has 0 aliphatic heterocycles. The minimum Gasteiger partial charge on any atom is -0.368 e. The van der Waals surface area contributed by atoms with Gasteiger partial charge in [-0.05, 0) is 32.6 Å². The third-order valence-corrected chi connectivity index (χ3v) is 2.98. The van der Waals surface area contributed by atoms with E-state index in [1.54, 1.807) is 0 Å². The Hall–Kier alpha value is -1.16. The molecule has 1 heterocycles. The van der Waals surface area contributed by atoms with Crippen LogP contribution in [0.15, 0.2) is 0 Å². The molecule has 0 saturated carbocycles. The first kappa shape index (κ1) is 11.3. The molecular formula is C12H20N4. The van der Waals surface area contributed by atoms with Gasteiger partial charge in [-0.15, -0.1) is 0 Å². The summed E-state index contributed by atoms with van der Waals surface area (Å²) in [6.07, 6.45) is 5.99. The Morgan fingerprint density at radius 2 is 2.00 bits per heavy atom. The molecule has 1 aromatic heterocycles. The Labute approximate surface area is 96.7 Å². The van der Waals surface area contributed by atoms with Gasteiger partial charge in [-0.2, -0.15) is 0 Å². The van der Waals surface area contributed by atoms with Gasteiger partial charge in [-0.25, -0.2) is 9.97 Å². The van der Waals surface area contributed by atoms with E-state index in [0.717, 1.165) is 31.0 Å². The van der Waals surface area contributed by atoms with E-state index in [-0.39, 0.29) is 0 Å². The van der Waals surface area contributed by atoms with Crippen molar-refractivity contribution in [2.75, 3.05) is 18.4 Å². The van der Waals surface area contributed by atoms with Crippen LogP contribution >= 0.6 is 0 Å². The molecule has 0 fully saturated rings. The summed E-state index contributed by atoms with van der Waals surface area (Å²) in [4.78, 5) is 9.05. The van der Waals surface area contributed by atoms with Crippen LogP contribution in [0.5, 0.6) is 0 Å². The van der Waals surface area contributed by atoms with Crippen molar-refractivity contribution in [1.29, 1.82) is 0 Å². The number of hydrogen-bond acceptors (Lipinski definition) is 4. The van der Waals surface area contributed by atoms with E-state index < -0.39 is 0 Å². The third-order valence-electron chi connectivity index (χ3n) is 2.98. The molecule has 3 N–H and O–H groups in total. The molecule has 0 bridgehead atoms. The number of rotatable bonds is 3. The number of fused-ring (bicyclic) bond motifs is 1. The SMILES string of the molecule is Cc1nc2c(c(NCCN)n1)CCCCC2. The summed E-state index contributed by atoms with van der Waals surface area (Å²) in [6, 6.07) is 0. The summed E-state index contributed by atoms with van der Waals surface area (Å²) in [5.41, 5.74) is 8.07. The van der Waals surface area contributed by atoms with Crippen molar-refractivity contribution in [1.82, 2.24) is 9.97 Å². The molecule has 0 atom stereocenters. The highest BCUT2D eigenvalue weighted by Crippen LogP contribution is 2.24. The Balaban J connectivity index is 2.31. The summed E-state index contributed by atoms with van der Waals surface area (Å²) >= 11 is 0. The second-order valence-corrected chi connectivity index (χ2v) is 4.32. The van der Waals surface area contributed by atoms with E-state index in [2.05, 4.69) is 15.3 Å². The lowest BCUT2D eigenvalue weighted by Crippen LogP contribution is -2.16. The van der Waals surface area contributed by atoms with Crippen molar-refractivity contribution in [2.24, 2.45) is 5.73 Å². The summed E-state index contributed by atoms with van der Waals surface area (Å²) in [7, 11) is 0. The van der Waals surface area contributed by atoms with Crippen LogP contribution in [0.25, 0.3) is 0 Å². The maximum absolute atomic E-state index is 5.52. The number of nitrogens with one attached hydrogen (secondary N) is 1. The van der Waals surface area contributed by atoms with Gasteiger partial charge in [0.25, 0.3) is 0 Å². The number of nitrogens with two attached hydrogens (primary N) is 1. The molecule has 0 aromatic carbocycles.